The summed E-state index contributed by atoms with van der Waals surface area (Å²) >= 11 is 1.59. The molecule has 0 aromatic carbocycles. The van der Waals surface area contributed by atoms with Crippen molar-refractivity contribution in [3.05, 3.63) is 35.6 Å². The first kappa shape index (κ1) is 13.1. The van der Waals surface area contributed by atoms with Crippen LogP contribution in [0.5, 0.6) is 0 Å². The molecule has 0 amide bonds. The lowest BCUT2D eigenvalue weighted by Crippen LogP contribution is -1.99. The summed E-state index contributed by atoms with van der Waals surface area (Å²) in [5.41, 5.74) is 3.62. The predicted molar refractivity (Wildman–Crippen MR) is 86.6 cm³/mol. The van der Waals surface area contributed by atoms with Crippen molar-refractivity contribution < 1.29 is 0 Å². The van der Waals surface area contributed by atoms with E-state index in [1.165, 1.54) is 0 Å². The van der Waals surface area contributed by atoms with Gasteiger partial charge in [-0.3, -0.25) is 5.10 Å². The Kier molecular flexibility index (Phi) is 3.00. The number of H-pyrrole nitrogens is 1. The molecular weight excluding hydrogens is 296 g/mol. The molecule has 0 aliphatic carbocycles. The summed E-state index contributed by atoms with van der Waals surface area (Å²) in [6.07, 6.45) is 3.62. The molecule has 6 nitrogen and oxygen atoms in total. The van der Waals surface area contributed by atoms with Crippen LogP contribution >= 0.6 is 11.3 Å². The summed E-state index contributed by atoms with van der Waals surface area (Å²) in [4.78, 5) is 13.5. The quantitative estimate of drug-likeness (QED) is 0.630. The Labute approximate surface area is 130 Å². The van der Waals surface area contributed by atoms with Gasteiger partial charge in [-0.15, -0.1) is 11.3 Å². The van der Waals surface area contributed by atoms with E-state index in [1.807, 2.05) is 23.7 Å². The molecule has 0 aliphatic heterocycles. The van der Waals surface area contributed by atoms with Crippen LogP contribution < -0.4 is 0 Å². The second kappa shape index (κ2) is 5.03. The zero-order valence-corrected chi connectivity index (χ0v) is 13.1. The third kappa shape index (κ3) is 1.93. The summed E-state index contributed by atoms with van der Waals surface area (Å²) < 4.78 is 2.16. The lowest BCUT2D eigenvalue weighted by atomic mass is 10.2. The average Bonchev–Trinajstić information content (AvgIpc) is 3.23. The van der Waals surface area contributed by atoms with E-state index in [1.54, 1.807) is 17.5 Å². The number of nitrogens with one attached hydrogen (secondary N) is 1. The fourth-order valence-corrected chi connectivity index (χ4v) is 3.38. The molecule has 4 rings (SSSR count). The van der Waals surface area contributed by atoms with Gasteiger partial charge in [-0.05, 0) is 26.0 Å². The van der Waals surface area contributed by atoms with Gasteiger partial charge in [0.2, 0.25) is 0 Å². The Morgan fingerprint density at radius 2 is 2.23 bits per heavy atom. The van der Waals surface area contributed by atoms with Crippen LogP contribution in [0.3, 0.4) is 0 Å². The van der Waals surface area contributed by atoms with Crippen LogP contribution in [0.15, 0.2) is 29.9 Å². The maximum absolute atomic E-state index is 4.73. The molecule has 4 aromatic rings. The number of hydrogen-bond donors (Lipinski definition) is 1. The fourth-order valence-electron chi connectivity index (χ4n) is 2.57. The lowest BCUT2D eigenvalue weighted by molar-refractivity contribution is 0.745. The number of aromatic amines is 1. The number of rotatable bonds is 3. The first-order chi connectivity index (χ1) is 10.8. The molecule has 4 heterocycles. The van der Waals surface area contributed by atoms with E-state index >= 15 is 0 Å². The van der Waals surface area contributed by atoms with Crippen molar-refractivity contribution in [2.24, 2.45) is 0 Å². The maximum Gasteiger partial charge on any atom is 0.181 e. The van der Waals surface area contributed by atoms with Gasteiger partial charge in [-0.2, -0.15) is 5.10 Å². The van der Waals surface area contributed by atoms with Gasteiger partial charge in [0, 0.05) is 35.4 Å². The van der Waals surface area contributed by atoms with E-state index in [2.05, 4.69) is 38.6 Å². The molecule has 0 saturated carbocycles. The van der Waals surface area contributed by atoms with Crippen molar-refractivity contribution in [3.8, 4) is 22.2 Å². The lowest BCUT2D eigenvalue weighted by Gasteiger charge is -2.03. The van der Waals surface area contributed by atoms with Crippen molar-refractivity contribution in [1.82, 2.24) is 29.7 Å². The van der Waals surface area contributed by atoms with E-state index in [9.17, 15) is 0 Å². The molecule has 0 radical (unpaired) electrons. The molecule has 0 saturated heterocycles. The average molecular weight is 310 g/mol. The zero-order valence-electron chi connectivity index (χ0n) is 12.2. The number of thiazole rings is 1. The Balaban J connectivity index is 1.81. The standard InChI is InChI=1S/C15H14N6S/c1-3-21-9(2)7-17-14(21)15-18-11(8-22-15)12-10-5-4-6-16-13(10)20-19-12/h4-8H,3H2,1-2H3,(H,16,19,20). The SMILES string of the molecule is CCn1c(C)cnc1-c1nc(-c2[nH]nc3ncccc23)cs1. The second-order valence-electron chi connectivity index (χ2n) is 4.98. The number of imidazole rings is 1. The first-order valence-electron chi connectivity index (χ1n) is 7.05. The molecule has 0 bridgehead atoms. The second-order valence-corrected chi connectivity index (χ2v) is 5.84. The summed E-state index contributed by atoms with van der Waals surface area (Å²) in [5.74, 6) is 0.915. The van der Waals surface area contributed by atoms with Crippen molar-refractivity contribution in [2.75, 3.05) is 0 Å². The smallest absolute Gasteiger partial charge is 0.181 e. The van der Waals surface area contributed by atoms with E-state index in [-0.39, 0.29) is 0 Å². The Morgan fingerprint density at radius 1 is 1.32 bits per heavy atom. The van der Waals surface area contributed by atoms with E-state index in [0.29, 0.717) is 5.65 Å². The minimum absolute atomic E-state index is 0.706. The monoisotopic (exact) mass is 310 g/mol. The molecule has 0 spiro atoms. The number of pyridine rings is 1. The van der Waals surface area contributed by atoms with E-state index in [0.717, 1.165) is 39.8 Å². The van der Waals surface area contributed by atoms with Crippen molar-refractivity contribution in [2.45, 2.75) is 20.4 Å². The third-order valence-electron chi connectivity index (χ3n) is 3.65. The van der Waals surface area contributed by atoms with Gasteiger partial charge in [-0.25, -0.2) is 15.0 Å². The van der Waals surface area contributed by atoms with Gasteiger partial charge in [0.1, 0.15) is 5.69 Å². The van der Waals surface area contributed by atoms with Crippen LogP contribution in [0.25, 0.3) is 33.3 Å². The highest BCUT2D eigenvalue weighted by Crippen LogP contribution is 2.30. The van der Waals surface area contributed by atoms with Crippen molar-refractivity contribution in [1.29, 1.82) is 0 Å². The minimum atomic E-state index is 0.706. The number of nitrogens with zero attached hydrogens (tertiary/aromatic N) is 5. The highest BCUT2D eigenvalue weighted by atomic mass is 32.1. The summed E-state index contributed by atoms with van der Waals surface area (Å²) in [6, 6.07) is 3.90. The largest absolute Gasteiger partial charge is 0.327 e. The molecule has 7 heteroatoms. The van der Waals surface area contributed by atoms with Crippen LogP contribution in [0.2, 0.25) is 0 Å². The van der Waals surface area contributed by atoms with Gasteiger partial charge >= 0.3 is 0 Å². The predicted octanol–water partition coefficient (Wildman–Crippen LogP) is 3.27. The zero-order chi connectivity index (χ0) is 15.1. The fraction of sp³-hybridized carbons (Fsp3) is 0.200. The van der Waals surface area contributed by atoms with E-state index < -0.39 is 0 Å². The molecule has 110 valence electrons. The first-order valence-corrected chi connectivity index (χ1v) is 7.93. The van der Waals surface area contributed by atoms with Crippen LogP contribution in [0.1, 0.15) is 12.6 Å². The van der Waals surface area contributed by atoms with Gasteiger partial charge in [0.25, 0.3) is 0 Å². The maximum atomic E-state index is 4.73. The van der Waals surface area contributed by atoms with Crippen molar-refractivity contribution in [3.63, 3.8) is 0 Å². The number of hydrogen-bond acceptors (Lipinski definition) is 5. The topological polar surface area (TPSA) is 72.3 Å². The molecule has 4 aromatic heterocycles. The van der Waals surface area contributed by atoms with Crippen LogP contribution in [-0.4, -0.2) is 29.7 Å². The van der Waals surface area contributed by atoms with E-state index in [4.69, 9.17) is 4.98 Å². The minimum Gasteiger partial charge on any atom is -0.327 e. The van der Waals surface area contributed by atoms with Crippen LogP contribution in [0.4, 0.5) is 0 Å². The molecule has 0 aliphatic rings. The Morgan fingerprint density at radius 3 is 3.09 bits per heavy atom. The summed E-state index contributed by atoms with van der Waals surface area (Å²) in [7, 11) is 0. The highest BCUT2D eigenvalue weighted by molar-refractivity contribution is 7.13. The molecular formula is C15H14N6S. The van der Waals surface area contributed by atoms with Crippen molar-refractivity contribution >= 4 is 22.4 Å². The molecule has 0 atom stereocenters. The number of aromatic nitrogens is 6. The van der Waals surface area contributed by atoms with Crippen LogP contribution in [0, 0.1) is 6.92 Å². The molecule has 0 fully saturated rings. The van der Waals surface area contributed by atoms with Crippen LogP contribution in [-0.2, 0) is 6.54 Å². The van der Waals surface area contributed by atoms with Gasteiger partial charge in [0.15, 0.2) is 16.5 Å². The normalized spacial score (nSPS) is 11.4. The van der Waals surface area contributed by atoms with Gasteiger partial charge in [0.05, 0.1) is 5.69 Å². The Hall–Kier alpha value is -2.54. The highest BCUT2D eigenvalue weighted by Gasteiger charge is 2.15. The summed E-state index contributed by atoms with van der Waals surface area (Å²) in [6.45, 7) is 5.05. The van der Waals surface area contributed by atoms with Gasteiger partial charge in [-0.1, -0.05) is 0 Å². The Bertz CT molecular complexity index is 948. The number of aryl methyl sites for hydroxylation is 1. The number of fused-ring (bicyclic) bond motifs is 1. The molecule has 22 heavy (non-hydrogen) atoms. The summed E-state index contributed by atoms with van der Waals surface area (Å²) in [5, 5.41) is 11.2. The third-order valence-corrected chi connectivity index (χ3v) is 4.49. The molecule has 0 unspecified atom stereocenters. The van der Waals surface area contributed by atoms with Gasteiger partial charge < -0.3 is 4.57 Å². The molecule has 1 N–H and O–H groups in total.